The van der Waals surface area contributed by atoms with Crippen molar-refractivity contribution in [3.8, 4) is 0 Å². The van der Waals surface area contributed by atoms with Gasteiger partial charge in [-0.2, -0.15) is 0 Å². The molecular formula is C16H21N3O2. The number of hydrogen-bond donors (Lipinski definition) is 2. The molecular weight excluding hydrogens is 266 g/mol. The zero-order valence-corrected chi connectivity index (χ0v) is 12.6. The number of pyridine rings is 1. The predicted molar refractivity (Wildman–Crippen MR) is 85.0 cm³/mol. The van der Waals surface area contributed by atoms with Crippen LogP contribution in [-0.2, 0) is 0 Å². The molecule has 1 aromatic carbocycles. The number of nitrogens with zero attached hydrogens (tertiary/aromatic N) is 2. The van der Waals surface area contributed by atoms with Crippen LogP contribution < -0.4 is 5.32 Å². The lowest BCUT2D eigenvalue weighted by molar-refractivity contribution is 0.0699. The summed E-state index contributed by atoms with van der Waals surface area (Å²) in [6.07, 6.45) is 0.962. The number of fused-ring (bicyclic) bond motifs is 1. The van der Waals surface area contributed by atoms with E-state index in [1.165, 1.54) is 0 Å². The van der Waals surface area contributed by atoms with Crippen LogP contribution >= 0.6 is 0 Å². The Kier molecular flexibility index (Phi) is 4.75. The topological polar surface area (TPSA) is 65.5 Å². The minimum Gasteiger partial charge on any atom is -0.478 e. The first kappa shape index (κ1) is 15.3. The molecule has 112 valence electrons. The maximum Gasteiger partial charge on any atom is 0.336 e. The third kappa shape index (κ3) is 3.92. The molecule has 0 aliphatic carbocycles. The minimum absolute atomic E-state index is 0.225. The smallest absolute Gasteiger partial charge is 0.336 e. The van der Waals surface area contributed by atoms with Crippen molar-refractivity contribution < 1.29 is 9.90 Å². The SMILES string of the molecule is CC(CCN(C)C)Nc1cc(C(=O)O)c2ccccc2n1. The molecule has 1 heterocycles. The van der Waals surface area contributed by atoms with Crippen molar-refractivity contribution in [2.75, 3.05) is 26.0 Å². The van der Waals surface area contributed by atoms with Crippen molar-refractivity contribution in [3.63, 3.8) is 0 Å². The summed E-state index contributed by atoms with van der Waals surface area (Å²) < 4.78 is 0. The third-order valence-electron chi connectivity index (χ3n) is 3.35. The quantitative estimate of drug-likeness (QED) is 0.855. The van der Waals surface area contributed by atoms with E-state index in [0.29, 0.717) is 16.7 Å². The van der Waals surface area contributed by atoms with Crippen molar-refractivity contribution in [2.24, 2.45) is 0 Å². The number of carboxylic acids is 1. The number of rotatable bonds is 6. The Morgan fingerprint density at radius 2 is 2.10 bits per heavy atom. The molecule has 21 heavy (non-hydrogen) atoms. The molecule has 0 amide bonds. The van der Waals surface area contributed by atoms with E-state index in [1.54, 1.807) is 12.1 Å². The van der Waals surface area contributed by atoms with Crippen LogP contribution in [0.15, 0.2) is 30.3 Å². The van der Waals surface area contributed by atoms with Gasteiger partial charge < -0.3 is 15.3 Å². The third-order valence-corrected chi connectivity index (χ3v) is 3.35. The highest BCUT2D eigenvalue weighted by Crippen LogP contribution is 2.21. The van der Waals surface area contributed by atoms with E-state index in [9.17, 15) is 9.90 Å². The van der Waals surface area contributed by atoms with Crippen LogP contribution in [-0.4, -0.2) is 47.6 Å². The van der Waals surface area contributed by atoms with Crippen LogP contribution in [0.2, 0.25) is 0 Å². The number of carbonyl (C=O) groups is 1. The highest BCUT2D eigenvalue weighted by molar-refractivity contribution is 6.03. The minimum atomic E-state index is -0.933. The number of nitrogens with one attached hydrogen (secondary N) is 1. The van der Waals surface area contributed by atoms with Crippen molar-refractivity contribution in [1.29, 1.82) is 0 Å². The Morgan fingerprint density at radius 1 is 1.38 bits per heavy atom. The van der Waals surface area contributed by atoms with Crippen LogP contribution in [0.1, 0.15) is 23.7 Å². The molecule has 5 nitrogen and oxygen atoms in total. The van der Waals surface area contributed by atoms with Crippen LogP contribution in [0.5, 0.6) is 0 Å². The van der Waals surface area contributed by atoms with Crippen LogP contribution in [0.3, 0.4) is 0 Å². The van der Waals surface area contributed by atoms with E-state index in [-0.39, 0.29) is 11.6 Å². The summed E-state index contributed by atoms with van der Waals surface area (Å²) >= 11 is 0. The molecule has 0 fully saturated rings. The summed E-state index contributed by atoms with van der Waals surface area (Å²) in [5.41, 5.74) is 0.975. The van der Waals surface area contributed by atoms with Gasteiger partial charge >= 0.3 is 5.97 Å². The number of benzene rings is 1. The largest absolute Gasteiger partial charge is 0.478 e. The standard InChI is InChI=1S/C16H21N3O2/c1-11(8-9-19(2)3)17-15-10-13(16(20)21)12-6-4-5-7-14(12)18-15/h4-7,10-11H,8-9H2,1-3H3,(H,17,18)(H,20,21). The zero-order chi connectivity index (χ0) is 15.4. The van der Waals surface area contributed by atoms with Crippen LogP contribution in [0.4, 0.5) is 5.82 Å². The van der Waals surface area contributed by atoms with Crippen LogP contribution in [0.25, 0.3) is 10.9 Å². The van der Waals surface area contributed by atoms with Gasteiger partial charge in [-0.15, -0.1) is 0 Å². The highest BCUT2D eigenvalue weighted by Gasteiger charge is 2.12. The molecule has 0 aliphatic rings. The van der Waals surface area contributed by atoms with Crippen molar-refractivity contribution >= 4 is 22.7 Å². The normalized spacial score (nSPS) is 12.6. The summed E-state index contributed by atoms with van der Waals surface area (Å²) in [4.78, 5) is 18.0. The molecule has 2 N–H and O–H groups in total. The predicted octanol–water partition coefficient (Wildman–Crippen LogP) is 2.69. The van der Waals surface area contributed by atoms with E-state index in [2.05, 4.69) is 22.1 Å². The van der Waals surface area contributed by atoms with Gasteiger partial charge in [0, 0.05) is 11.4 Å². The Labute approximate surface area is 124 Å². The first-order valence-corrected chi connectivity index (χ1v) is 7.01. The zero-order valence-electron chi connectivity index (χ0n) is 12.6. The lowest BCUT2D eigenvalue weighted by Gasteiger charge is -2.18. The van der Waals surface area contributed by atoms with Gasteiger partial charge in [0.05, 0.1) is 11.1 Å². The number of anilines is 1. The summed E-state index contributed by atoms with van der Waals surface area (Å²) in [5, 5.41) is 13.3. The lowest BCUT2D eigenvalue weighted by atomic mass is 10.1. The van der Waals surface area contributed by atoms with E-state index in [4.69, 9.17) is 0 Å². The van der Waals surface area contributed by atoms with Gasteiger partial charge in [-0.3, -0.25) is 0 Å². The van der Waals surface area contributed by atoms with Gasteiger partial charge in [-0.1, -0.05) is 18.2 Å². The molecule has 2 aromatic rings. The Balaban J connectivity index is 2.26. The molecule has 0 radical (unpaired) electrons. The van der Waals surface area contributed by atoms with Crippen molar-refractivity contribution in [1.82, 2.24) is 9.88 Å². The number of aromatic nitrogens is 1. The van der Waals surface area contributed by atoms with Gasteiger partial charge in [0.15, 0.2) is 0 Å². The number of carboxylic acid groups (broad SMARTS) is 1. The Morgan fingerprint density at radius 3 is 2.76 bits per heavy atom. The van der Waals surface area contributed by atoms with E-state index in [0.717, 1.165) is 13.0 Å². The second-order valence-corrected chi connectivity index (χ2v) is 5.51. The average Bonchev–Trinajstić information content (AvgIpc) is 2.44. The first-order chi connectivity index (χ1) is 9.97. The van der Waals surface area contributed by atoms with Gasteiger partial charge in [0.2, 0.25) is 0 Å². The summed E-state index contributed by atoms with van der Waals surface area (Å²) in [7, 11) is 4.06. The fraction of sp³-hybridized carbons (Fsp3) is 0.375. The molecule has 0 spiro atoms. The molecule has 0 saturated carbocycles. The number of aromatic carboxylic acids is 1. The summed E-state index contributed by atoms with van der Waals surface area (Å²) in [6.45, 7) is 3.04. The van der Waals surface area contributed by atoms with E-state index in [1.807, 2.05) is 32.3 Å². The molecule has 0 aliphatic heterocycles. The Bertz CT molecular complexity index is 640. The summed E-state index contributed by atoms with van der Waals surface area (Å²) in [6, 6.07) is 9.13. The molecule has 1 aromatic heterocycles. The summed E-state index contributed by atoms with van der Waals surface area (Å²) in [5.74, 6) is -0.324. The monoisotopic (exact) mass is 287 g/mol. The molecule has 1 unspecified atom stereocenters. The molecule has 5 heteroatoms. The van der Waals surface area contributed by atoms with Gasteiger partial charge in [0.1, 0.15) is 5.82 Å². The number of para-hydroxylation sites is 1. The van der Waals surface area contributed by atoms with Crippen LogP contribution in [0, 0.1) is 0 Å². The lowest BCUT2D eigenvalue weighted by Crippen LogP contribution is -2.23. The van der Waals surface area contributed by atoms with Crippen molar-refractivity contribution in [2.45, 2.75) is 19.4 Å². The van der Waals surface area contributed by atoms with E-state index < -0.39 is 5.97 Å². The maximum atomic E-state index is 11.4. The molecule has 2 rings (SSSR count). The number of hydrogen-bond acceptors (Lipinski definition) is 4. The average molecular weight is 287 g/mol. The second-order valence-electron chi connectivity index (χ2n) is 5.51. The molecule has 0 bridgehead atoms. The molecule has 0 saturated heterocycles. The van der Waals surface area contributed by atoms with Gasteiger partial charge in [-0.05, 0) is 46.1 Å². The fourth-order valence-electron chi connectivity index (χ4n) is 2.20. The van der Waals surface area contributed by atoms with Gasteiger partial charge in [-0.25, -0.2) is 9.78 Å². The van der Waals surface area contributed by atoms with Crippen molar-refractivity contribution in [3.05, 3.63) is 35.9 Å². The van der Waals surface area contributed by atoms with E-state index >= 15 is 0 Å². The maximum absolute atomic E-state index is 11.4. The Hall–Kier alpha value is -2.14. The highest BCUT2D eigenvalue weighted by atomic mass is 16.4. The van der Waals surface area contributed by atoms with Gasteiger partial charge in [0.25, 0.3) is 0 Å². The second kappa shape index (κ2) is 6.54. The molecule has 1 atom stereocenters. The first-order valence-electron chi connectivity index (χ1n) is 7.01. The fourth-order valence-corrected chi connectivity index (χ4v) is 2.20.